The number of benzene rings is 2. The highest BCUT2D eigenvalue weighted by atomic mass is 32.2. The Balaban J connectivity index is 1.73. The zero-order valence-electron chi connectivity index (χ0n) is 16.4. The number of aromatic nitrogens is 1. The quantitative estimate of drug-likeness (QED) is 0.330. The van der Waals surface area contributed by atoms with Gasteiger partial charge in [-0.05, 0) is 31.2 Å². The third kappa shape index (κ3) is 3.81. The molecule has 3 aromatic rings. The summed E-state index contributed by atoms with van der Waals surface area (Å²) in [5.41, 5.74) is 0.0535. The fourth-order valence-electron chi connectivity index (χ4n) is 3.38. The van der Waals surface area contributed by atoms with E-state index in [1.165, 1.54) is 55.6 Å². The van der Waals surface area contributed by atoms with Crippen molar-refractivity contribution in [1.29, 1.82) is 0 Å². The second-order valence-electron chi connectivity index (χ2n) is 6.80. The van der Waals surface area contributed by atoms with Gasteiger partial charge in [0.1, 0.15) is 17.3 Å². The van der Waals surface area contributed by atoms with Gasteiger partial charge in [-0.3, -0.25) is 29.4 Å². The van der Waals surface area contributed by atoms with Gasteiger partial charge in [0.2, 0.25) is 0 Å². The highest BCUT2D eigenvalue weighted by molar-refractivity contribution is 7.93. The lowest BCUT2D eigenvalue weighted by molar-refractivity contribution is -0.385. The first kappa shape index (κ1) is 21.5. The Morgan fingerprint density at radius 2 is 1.94 bits per heavy atom. The molecule has 1 unspecified atom stereocenters. The van der Waals surface area contributed by atoms with Crippen LogP contribution < -0.4 is 4.72 Å². The van der Waals surface area contributed by atoms with Crippen LogP contribution in [0.4, 0.5) is 16.5 Å². The molecule has 10 nitrogen and oxygen atoms in total. The largest absolute Gasteiger partial charge is 0.299 e. The number of fused-ring (bicyclic) bond motifs is 1. The standard InChI is InChI=1S/C20H14N4O6S2/c1-11(25)16-18(14-3-2-4-15(24(27)28)17(14)19(16)26)22-12-5-7-13(8-6-12)32(29,30)23-20-21-9-10-31-20/h2-10,16H,1H3,(H,21,23). The molecule has 1 aromatic heterocycles. The van der Waals surface area contributed by atoms with E-state index >= 15 is 0 Å². The van der Waals surface area contributed by atoms with Crippen LogP contribution in [-0.2, 0) is 14.8 Å². The van der Waals surface area contributed by atoms with Crippen LogP contribution in [0.2, 0.25) is 0 Å². The Labute approximate surface area is 185 Å². The second-order valence-corrected chi connectivity index (χ2v) is 9.38. The number of Topliss-reactive ketones (excluding diaryl/α,β-unsaturated/α-hetero) is 2. The minimum atomic E-state index is -3.86. The van der Waals surface area contributed by atoms with Gasteiger partial charge < -0.3 is 0 Å². The molecule has 0 amide bonds. The summed E-state index contributed by atoms with van der Waals surface area (Å²) >= 11 is 1.13. The minimum Gasteiger partial charge on any atom is -0.299 e. The van der Waals surface area contributed by atoms with Crippen LogP contribution in [0.15, 0.2) is 63.9 Å². The van der Waals surface area contributed by atoms with Crippen molar-refractivity contribution in [1.82, 2.24) is 4.98 Å². The molecule has 4 rings (SSSR count). The zero-order valence-corrected chi connectivity index (χ0v) is 18.0. The number of carbonyl (C=O) groups is 2. The normalized spacial score (nSPS) is 16.7. The molecule has 0 aliphatic heterocycles. The van der Waals surface area contributed by atoms with E-state index in [9.17, 15) is 28.1 Å². The Morgan fingerprint density at radius 3 is 2.53 bits per heavy atom. The average Bonchev–Trinajstić information content (AvgIpc) is 3.34. The fraction of sp³-hybridized carbons (Fsp3) is 0.100. The van der Waals surface area contributed by atoms with Crippen LogP contribution >= 0.6 is 11.3 Å². The first-order valence-electron chi connectivity index (χ1n) is 9.12. The average molecular weight is 470 g/mol. The van der Waals surface area contributed by atoms with Gasteiger partial charge in [-0.15, -0.1) is 11.3 Å². The van der Waals surface area contributed by atoms with Crippen molar-refractivity contribution in [2.45, 2.75) is 11.8 Å². The second kappa shape index (κ2) is 8.05. The number of sulfonamides is 1. The summed E-state index contributed by atoms with van der Waals surface area (Å²) in [7, 11) is -3.86. The van der Waals surface area contributed by atoms with Crippen LogP contribution in [0.25, 0.3) is 0 Å². The highest BCUT2D eigenvalue weighted by Crippen LogP contribution is 2.36. The SMILES string of the molecule is CC(=O)C1C(=O)c2c(cccc2[N+](=O)[O-])C1=Nc1ccc(S(=O)(=O)Nc2nccs2)cc1. The number of rotatable bonds is 6. The Bertz CT molecular complexity index is 1380. The number of aliphatic imine (C=N–C) groups is 1. The van der Waals surface area contributed by atoms with E-state index in [-0.39, 0.29) is 32.6 Å². The van der Waals surface area contributed by atoms with Crippen molar-refractivity contribution in [2.75, 3.05) is 4.72 Å². The Hall–Kier alpha value is -3.77. The summed E-state index contributed by atoms with van der Waals surface area (Å²) in [4.78, 5) is 43.9. The number of nitro benzene ring substituents is 1. The maximum atomic E-state index is 12.8. The van der Waals surface area contributed by atoms with Gasteiger partial charge in [0.05, 0.1) is 21.2 Å². The third-order valence-corrected chi connectivity index (χ3v) is 6.93. The predicted molar refractivity (Wildman–Crippen MR) is 117 cm³/mol. The van der Waals surface area contributed by atoms with E-state index in [2.05, 4.69) is 14.7 Å². The number of thiazole rings is 1. The molecule has 0 spiro atoms. The smallest absolute Gasteiger partial charge is 0.280 e. The van der Waals surface area contributed by atoms with Gasteiger partial charge in [-0.1, -0.05) is 12.1 Å². The van der Waals surface area contributed by atoms with Crippen molar-refractivity contribution in [3.8, 4) is 0 Å². The van der Waals surface area contributed by atoms with Crippen molar-refractivity contribution in [3.63, 3.8) is 0 Å². The van der Waals surface area contributed by atoms with Gasteiger partial charge in [0.15, 0.2) is 10.9 Å². The number of carbonyl (C=O) groups excluding carboxylic acids is 2. The summed E-state index contributed by atoms with van der Waals surface area (Å²) in [6.07, 6.45) is 1.47. The molecule has 2 aromatic carbocycles. The fourth-order valence-corrected chi connectivity index (χ4v) is 5.17. The number of nitrogens with one attached hydrogen (secondary N) is 1. The molecule has 1 aliphatic carbocycles. The maximum Gasteiger partial charge on any atom is 0.280 e. The van der Waals surface area contributed by atoms with Gasteiger partial charge in [0.25, 0.3) is 15.7 Å². The Morgan fingerprint density at radius 1 is 1.22 bits per heavy atom. The lowest BCUT2D eigenvalue weighted by Gasteiger charge is -2.08. The first-order chi connectivity index (χ1) is 15.2. The van der Waals surface area contributed by atoms with Crippen LogP contribution in [0.3, 0.4) is 0 Å². The number of nitrogens with zero attached hydrogens (tertiary/aromatic N) is 3. The molecule has 1 aliphatic rings. The van der Waals surface area contributed by atoms with Crippen molar-refractivity contribution >= 4 is 55.1 Å². The van der Waals surface area contributed by atoms with Gasteiger partial charge >= 0.3 is 0 Å². The Kier molecular flexibility index (Phi) is 5.40. The zero-order chi connectivity index (χ0) is 23.0. The molecule has 1 heterocycles. The molecule has 0 radical (unpaired) electrons. The molecular formula is C20H14N4O6S2. The topological polar surface area (TPSA) is 149 Å². The van der Waals surface area contributed by atoms with E-state index in [1.54, 1.807) is 5.38 Å². The number of hydrogen-bond donors (Lipinski definition) is 1. The molecule has 162 valence electrons. The van der Waals surface area contributed by atoms with Gasteiger partial charge in [0, 0.05) is 23.2 Å². The molecule has 0 bridgehead atoms. The van der Waals surface area contributed by atoms with E-state index in [4.69, 9.17) is 0 Å². The molecule has 0 fully saturated rings. The summed E-state index contributed by atoms with van der Waals surface area (Å²) in [6.45, 7) is 1.22. The van der Waals surface area contributed by atoms with Crippen LogP contribution in [0, 0.1) is 16.0 Å². The van der Waals surface area contributed by atoms with Crippen molar-refractivity contribution < 1.29 is 22.9 Å². The van der Waals surface area contributed by atoms with Crippen molar-refractivity contribution in [2.24, 2.45) is 10.9 Å². The van der Waals surface area contributed by atoms with Crippen LogP contribution in [0.1, 0.15) is 22.8 Å². The molecule has 0 saturated heterocycles. The monoisotopic (exact) mass is 470 g/mol. The number of anilines is 1. The molecule has 32 heavy (non-hydrogen) atoms. The minimum absolute atomic E-state index is 0.0293. The number of ketones is 2. The first-order valence-corrected chi connectivity index (χ1v) is 11.5. The molecular weight excluding hydrogens is 456 g/mol. The number of nitro groups is 1. The van der Waals surface area contributed by atoms with Crippen LogP contribution in [-0.4, -0.2) is 35.6 Å². The molecule has 12 heteroatoms. The lowest BCUT2D eigenvalue weighted by Crippen LogP contribution is -2.23. The number of hydrogen-bond acceptors (Lipinski definition) is 9. The molecule has 0 saturated carbocycles. The predicted octanol–water partition coefficient (Wildman–Crippen LogP) is 3.37. The summed E-state index contributed by atoms with van der Waals surface area (Å²) in [6, 6.07) is 9.60. The van der Waals surface area contributed by atoms with E-state index < -0.39 is 38.1 Å². The highest BCUT2D eigenvalue weighted by Gasteiger charge is 2.43. The summed E-state index contributed by atoms with van der Waals surface area (Å²) in [5, 5.41) is 13.2. The van der Waals surface area contributed by atoms with Gasteiger partial charge in [-0.2, -0.15) is 0 Å². The van der Waals surface area contributed by atoms with Gasteiger partial charge in [-0.25, -0.2) is 13.4 Å². The van der Waals surface area contributed by atoms with Crippen LogP contribution in [0.5, 0.6) is 0 Å². The molecule has 1 atom stereocenters. The summed E-state index contributed by atoms with van der Waals surface area (Å²) < 4.78 is 27.3. The third-order valence-electron chi connectivity index (χ3n) is 4.75. The summed E-state index contributed by atoms with van der Waals surface area (Å²) in [5.74, 6) is -2.43. The van der Waals surface area contributed by atoms with E-state index in [0.717, 1.165) is 11.3 Å². The maximum absolute atomic E-state index is 12.8. The lowest BCUT2D eigenvalue weighted by atomic mass is 9.99. The van der Waals surface area contributed by atoms with E-state index in [0.29, 0.717) is 0 Å². The van der Waals surface area contributed by atoms with Crippen molar-refractivity contribution in [3.05, 3.63) is 75.3 Å². The van der Waals surface area contributed by atoms with E-state index in [1.807, 2.05) is 0 Å². The molecule has 1 N–H and O–H groups in total.